The number of nitrogens with zero attached hydrogens (tertiary/aromatic N) is 2. The topological polar surface area (TPSA) is 84.2 Å². The number of benzene rings is 1. The smallest absolute Gasteiger partial charge is 0.435 e. The first-order valence-corrected chi connectivity index (χ1v) is 8.54. The lowest BCUT2D eigenvalue weighted by Crippen LogP contribution is -2.23. The number of fused-ring (bicyclic) bond motifs is 1. The van der Waals surface area contributed by atoms with Gasteiger partial charge in [-0.15, -0.1) is 0 Å². The number of hydrogen-bond donors (Lipinski definition) is 2. The van der Waals surface area contributed by atoms with Crippen molar-refractivity contribution in [3.63, 3.8) is 0 Å². The highest BCUT2D eigenvalue weighted by Crippen LogP contribution is 2.34. The highest BCUT2D eigenvalue weighted by Gasteiger charge is 2.41. The average Bonchev–Trinajstić information content (AvgIpc) is 3.00. The van der Waals surface area contributed by atoms with Crippen LogP contribution in [-0.4, -0.2) is 26.5 Å². The number of aryl methyl sites for hydroxylation is 2. The van der Waals surface area contributed by atoms with Crippen LogP contribution in [0.5, 0.6) is 0 Å². The monoisotopic (exact) mass is 381 g/mol. The Labute approximate surface area is 153 Å². The Hall–Kier alpha value is -2.84. The third-order valence-corrected chi connectivity index (χ3v) is 4.37. The van der Waals surface area contributed by atoms with Crippen molar-refractivity contribution in [3.8, 4) is 0 Å². The van der Waals surface area contributed by atoms with E-state index in [1.165, 1.54) is 4.57 Å². The molecular weight excluding hydrogens is 363 g/mol. The molecule has 1 aromatic carbocycles. The van der Waals surface area contributed by atoms with Crippen molar-refractivity contribution in [3.05, 3.63) is 47.0 Å². The highest BCUT2D eigenvalue weighted by atomic mass is 19.4. The van der Waals surface area contributed by atoms with Crippen molar-refractivity contribution >= 4 is 17.6 Å². The number of halogens is 3. The van der Waals surface area contributed by atoms with Gasteiger partial charge >= 0.3 is 12.1 Å². The minimum Gasteiger partial charge on any atom is -0.481 e. The molecule has 1 amide bonds. The van der Waals surface area contributed by atoms with E-state index in [2.05, 4.69) is 10.3 Å². The van der Waals surface area contributed by atoms with E-state index in [4.69, 9.17) is 5.11 Å². The lowest BCUT2D eigenvalue weighted by molar-refractivity contribution is -0.141. The lowest BCUT2D eigenvalue weighted by atomic mass is 10.1. The Morgan fingerprint density at radius 1 is 1.26 bits per heavy atom. The van der Waals surface area contributed by atoms with Gasteiger partial charge in [0.25, 0.3) is 5.91 Å². The molecule has 2 N–H and O–H groups in total. The molecule has 0 atom stereocenters. The van der Waals surface area contributed by atoms with Crippen molar-refractivity contribution in [1.29, 1.82) is 0 Å². The van der Waals surface area contributed by atoms with Gasteiger partial charge in [-0.05, 0) is 37.0 Å². The minimum atomic E-state index is -4.72. The van der Waals surface area contributed by atoms with E-state index < -0.39 is 29.4 Å². The van der Waals surface area contributed by atoms with Gasteiger partial charge in [0.1, 0.15) is 11.5 Å². The summed E-state index contributed by atoms with van der Waals surface area (Å²) >= 11 is 0. The van der Waals surface area contributed by atoms with E-state index in [9.17, 15) is 22.8 Å². The van der Waals surface area contributed by atoms with Crippen LogP contribution in [0.4, 0.5) is 18.9 Å². The molecular formula is C18H18F3N3O3. The van der Waals surface area contributed by atoms with Gasteiger partial charge in [0.15, 0.2) is 5.69 Å². The Morgan fingerprint density at radius 2 is 2.04 bits per heavy atom. The second-order valence-electron chi connectivity index (χ2n) is 6.38. The van der Waals surface area contributed by atoms with Gasteiger partial charge in [-0.3, -0.25) is 9.59 Å². The van der Waals surface area contributed by atoms with Gasteiger partial charge in [0, 0.05) is 25.1 Å². The normalized spacial score (nSPS) is 13.9. The number of amides is 1. The summed E-state index contributed by atoms with van der Waals surface area (Å²) in [6.45, 7) is 0.319. The Bertz CT molecular complexity index is 874. The second kappa shape index (κ2) is 7.42. The molecule has 0 radical (unpaired) electrons. The molecule has 0 unspecified atom stereocenters. The number of carboxylic acid groups (broad SMARTS) is 1. The quantitative estimate of drug-likeness (QED) is 0.830. The highest BCUT2D eigenvalue weighted by molar-refractivity contribution is 6.04. The van der Waals surface area contributed by atoms with Crippen LogP contribution >= 0.6 is 0 Å². The number of anilines is 1. The third-order valence-electron chi connectivity index (χ3n) is 4.37. The zero-order valence-corrected chi connectivity index (χ0v) is 14.3. The summed E-state index contributed by atoms with van der Waals surface area (Å²) < 4.78 is 41.4. The van der Waals surface area contributed by atoms with Crippen LogP contribution in [0.3, 0.4) is 0 Å². The lowest BCUT2D eigenvalue weighted by Gasteiger charge is -2.16. The van der Waals surface area contributed by atoms with Gasteiger partial charge < -0.3 is 15.0 Å². The first-order valence-electron chi connectivity index (χ1n) is 8.54. The molecule has 0 fully saturated rings. The molecule has 6 nitrogen and oxygen atoms in total. The molecule has 9 heteroatoms. The Morgan fingerprint density at radius 3 is 2.74 bits per heavy atom. The fraction of sp³-hybridized carbons (Fsp3) is 0.389. The maximum absolute atomic E-state index is 13.4. The Balaban J connectivity index is 1.87. The number of carbonyl (C=O) groups is 2. The van der Waals surface area contributed by atoms with Crippen LogP contribution in [0.2, 0.25) is 0 Å². The number of rotatable bonds is 5. The number of alkyl halides is 3. The molecule has 2 aromatic rings. The predicted molar refractivity (Wildman–Crippen MR) is 90.5 cm³/mol. The maximum Gasteiger partial charge on any atom is 0.435 e. The zero-order valence-electron chi connectivity index (χ0n) is 14.3. The first-order chi connectivity index (χ1) is 12.8. The summed E-state index contributed by atoms with van der Waals surface area (Å²) in [5.41, 5.74) is -0.670. The average molecular weight is 381 g/mol. The SMILES string of the molecule is O=C(O)CCc1cccc(NC(=O)c2c(C(F)(F)F)nc3n2CCCC3)c1. The van der Waals surface area contributed by atoms with E-state index in [1.807, 2.05) is 0 Å². The number of aromatic nitrogens is 2. The molecule has 0 saturated heterocycles. The van der Waals surface area contributed by atoms with Crippen molar-refractivity contribution in [1.82, 2.24) is 9.55 Å². The molecule has 144 valence electrons. The van der Waals surface area contributed by atoms with Crippen LogP contribution in [0, 0.1) is 0 Å². The fourth-order valence-corrected chi connectivity index (χ4v) is 3.16. The van der Waals surface area contributed by atoms with Gasteiger partial charge in [-0.25, -0.2) is 4.98 Å². The van der Waals surface area contributed by atoms with Crippen LogP contribution in [0.1, 0.15) is 46.8 Å². The van der Waals surface area contributed by atoms with Crippen molar-refractivity contribution in [2.24, 2.45) is 0 Å². The Kier molecular flexibility index (Phi) is 5.20. The van der Waals surface area contributed by atoms with Gasteiger partial charge in [0.05, 0.1) is 0 Å². The van der Waals surface area contributed by atoms with Gasteiger partial charge in [0.2, 0.25) is 0 Å². The summed E-state index contributed by atoms with van der Waals surface area (Å²) in [6, 6.07) is 6.41. The van der Waals surface area contributed by atoms with Crippen LogP contribution in [0.25, 0.3) is 0 Å². The zero-order chi connectivity index (χ0) is 19.6. The maximum atomic E-state index is 13.4. The third kappa shape index (κ3) is 4.29. The number of carboxylic acids is 1. The summed E-state index contributed by atoms with van der Waals surface area (Å²) in [4.78, 5) is 27.0. The van der Waals surface area contributed by atoms with Crippen molar-refractivity contribution in [2.75, 3.05) is 5.32 Å². The number of aliphatic carboxylic acids is 1. The summed E-state index contributed by atoms with van der Waals surface area (Å²) in [5, 5.41) is 11.2. The van der Waals surface area contributed by atoms with Crippen molar-refractivity contribution in [2.45, 2.75) is 44.8 Å². The molecule has 2 heterocycles. The van der Waals surface area contributed by atoms with Crippen LogP contribution < -0.4 is 5.32 Å². The summed E-state index contributed by atoms with van der Waals surface area (Å²) in [7, 11) is 0. The molecule has 1 aromatic heterocycles. The van der Waals surface area contributed by atoms with Crippen LogP contribution in [-0.2, 0) is 30.4 Å². The predicted octanol–water partition coefficient (Wildman–Crippen LogP) is 3.51. The summed E-state index contributed by atoms with van der Waals surface area (Å²) in [6.07, 6.45) is -2.71. The fourth-order valence-electron chi connectivity index (χ4n) is 3.16. The van der Waals surface area contributed by atoms with Gasteiger partial charge in [-0.2, -0.15) is 13.2 Å². The number of carbonyl (C=O) groups excluding carboxylic acids is 1. The molecule has 1 aliphatic heterocycles. The summed E-state index contributed by atoms with van der Waals surface area (Å²) in [5.74, 6) is -1.56. The minimum absolute atomic E-state index is 0.0776. The number of nitrogens with one attached hydrogen (secondary N) is 1. The number of hydrogen-bond acceptors (Lipinski definition) is 3. The molecule has 0 saturated carbocycles. The van der Waals surface area contributed by atoms with E-state index >= 15 is 0 Å². The molecule has 1 aliphatic rings. The van der Waals surface area contributed by atoms with E-state index in [-0.39, 0.29) is 18.7 Å². The standard InChI is InChI=1S/C18H18F3N3O3/c19-18(20,21)16-15(24-9-2-1-6-13(24)23-16)17(27)22-12-5-3-4-11(10-12)7-8-14(25)26/h3-5,10H,1-2,6-9H2,(H,22,27)(H,25,26). The molecule has 27 heavy (non-hydrogen) atoms. The molecule has 0 spiro atoms. The van der Waals surface area contributed by atoms with Gasteiger partial charge in [-0.1, -0.05) is 12.1 Å². The van der Waals surface area contributed by atoms with E-state index in [0.29, 0.717) is 30.6 Å². The van der Waals surface area contributed by atoms with Crippen molar-refractivity contribution < 1.29 is 27.9 Å². The molecule has 3 rings (SSSR count). The van der Waals surface area contributed by atoms with Crippen LogP contribution in [0.15, 0.2) is 24.3 Å². The molecule has 0 aliphatic carbocycles. The number of imidazole rings is 1. The first kappa shape index (κ1) is 18.9. The second-order valence-corrected chi connectivity index (χ2v) is 6.38. The van der Waals surface area contributed by atoms with E-state index in [0.717, 1.165) is 6.42 Å². The van der Waals surface area contributed by atoms with E-state index in [1.54, 1.807) is 24.3 Å². The molecule has 0 bridgehead atoms. The largest absolute Gasteiger partial charge is 0.481 e.